The molecule has 4 aromatic rings. The van der Waals surface area contributed by atoms with Crippen molar-refractivity contribution in [2.24, 2.45) is 0 Å². The number of nitrogens with one attached hydrogen (secondary N) is 1. The summed E-state index contributed by atoms with van der Waals surface area (Å²) in [6, 6.07) is 24.1. The molecule has 6 heteroatoms. The lowest BCUT2D eigenvalue weighted by Crippen LogP contribution is -2.23. The quantitative estimate of drug-likeness (QED) is 0.336. The van der Waals surface area contributed by atoms with Crippen molar-refractivity contribution in [3.05, 3.63) is 94.8 Å². The molecule has 1 aromatic heterocycles. The van der Waals surface area contributed by atoms with Crippen LogP contribution in [0.15, 0.2) is 72.3 Å². The number of ether oxygens (including phenoxy) is 2. The molecule has 0 bridgehead atoms. The van der Waals surface area contributed by atoms with Gasteiger partial charge in [0.25, 0.3) is 5.91 Å². The van der Waals surface area contributed by atoms with E-state index in [1.807, 2.05) is 56.3 Å². The molecular formula is C28H23N3O3. The fourth-order valence-corrected chi connectivity index (χ4v) is 4.28. The maximum atomic E-state index is 12.7. The normalized spacial score (nSPS) is 12.6. The highest BCUT2D eigenvalue weighted by Crippen LogP contribution is 2.32. The van der Waals surface area contributed by atoms with Gasteiger partial charge in [0.1, 0.15) is 11.6 Å². The van der Waals surface area contributed by atoms with E-state index in [-0.39, 0.29) is 18.9 Å². The van der Waals surface area contributed by atoms with Gasteiger partial charge < -0.3 is 19.4 Å². The van der Waals surface area contributed by atoms with Crippen LogP contribution in [0.1, 0.15) is 22.5 Å². The maximum absolute atomic E-state index is 12.7. The lowest BCUT2D eigenvalue weighted by Gasteiger charge is -2.11. The van der Waals surface area contributed by atoms with Gasteiger partial charge in [0.2, 0.25) is 6.79 Å². The Balaban J connectivity index is 1.38. The zero-order valence-corrected chi connectivity index (χ0v) is 19.0. The molecule has 0 saturated heterocycles. The second-order valence-corrected chi connectivity index (χ2v) is 8.23. The Morgan fingerprint density at radius 1 is 1.03 bits per heavy atom. The van der Waals surface area contributed by atoms with E-state index in [0.717, 1.165) is 33.6 Å². The maximum Gasteiger partial charge on any atom is 0.262 e. The summed E-state index contributed by atoms with van der Waals surface area (Å²) in [5, 5.41) is 14.8. The molecule has 34 heavy (non-hydrogen) atoms. The Morgan fingerprint density at radius 2 is 1.82 bits per heavy atom. The van der Waals surface area contributed by atoms with Crippen LogP contribution in [0.3, 0.4) is 0 Å². The molecule has 3 aromatic carbocycles. The highest BCUT2D eigenvalue weighted by Gasteiger charge is 2.16. The molecule has 6 nitrogen and oxygen atoms in total. The van der Waals surface area contributed by atoms with Crippen molar-refractivity contribution in [3.63, 3.8) is 0 Å². The molecular weight excluding hydrogens is 426 g/mol. The second kappa shape index (κ2) is 8.80. The zero-order chi connectivity index (χ0) is 23.7. The van der Waals surface area contributed by atoms with Crippen molar-refractivity contribution in [1.29, 1.82) is 5.26 Å². The van der Waals surface area contributed by atoms with Crippen LogP contribution in [-0.4, -0.2) is 17.3 Å². The fourth-order valence-electron chi connectivity index (χ4n) is 4.28. The summed E-state index contributed by atoms with van der Waals surface area (Å²) in [6.07, 6.45) is 1.65. The molecule has 5 rings (SSSR count). The van der Waals surface area contributed by atoms with Crippen molar-refractivity contribution in [3.8, 4) is 23.3 Å². The Bertz CT molecular complexity index is 1490. The third-order valence-electron chi connectivity index (χ3n) is 6.02. The summed E-state index contributed by atoms with van der Waals surface area (Å²) in [5.74, 6) is 0.925. The van der Waals surface area contributed by atoms with Crippen LogP contribution in [0.25, 0.3) is 22.5 Å². The number of rotatable bonds is 5. The van der Waals surface area contributed by atoms with E-state index in [1.54, 1.807) is 6.08 Å². The number of nitriles is 1. The van der Waals surface area contributed by atoms with Gasteiger partial charge in [0.05, 0.1) is 0 Å². The first kappa shape index (κ1) is 21.4. The number of amides is 1. The van der Waals surface area contributed by atoms with Crippen LogP contribution in [0.5, 0.6) is 11.5 Å². The van der Waals surface area contributed by atoms with Gasteiger partial charge in [-0.3, -0.25) is 4.79 Å². The number of carbonyl (C=O) groups excluding carboxylic acids is 1. The van der Waals surface area contributed by atoms with Gasteiger partial charge in [-0.15, -0.1) is 0 Å². The molecule has 1 N–H and O–H groups in total. The molecule has 0 fully saturated rings. The summed E-state index contributed by atoms with van der Waals surface area (Å²) < 4.78 is 12.8. The molecule has 1 aliphatic rings. The van der Waals surface area contributed by atoms with E-state index in [1.165, 1.54) is 5.39 Å². The Morgan fingerprint density at radius 3 is 2.65 bits per heavy atom. The fraction of sp³-hybridized carbons (Fsp3) is 0.143. The minimum atomic E-state index is -0.421. The highest BCUT2D eigenvalue weighted by molar-refractivity contribution is 6.01. The number of benzene rings is 3. The molecule has 2 heterocycles. The average molecular weight is 450 g/mol. The predicted octanol–water partition coefficient (Wildman–Crippen LogP) is 5.20. The number of aromatic nitrogens is 1. The lowest BCUT2D eigenvalue weighted by atomic mass is 10.1. The van der Waals surface area contributed by atoms with Crippen LogP contribution in [0.2, 0.25) is 0 Å². The van der Waals surface area contributed by atoms with Crippen molar-refractivity contribution in [2.75, 3.05) is 6.79 Å². The molecule has 1 aliphatic heterocycles. The van der Waals surface area contributed by atoms with Gasteiger partial charge in [-0.25, -0.2) is 0 Å². The zero-order valence-electron chi connectivity index (χ0n) is 19.0. The van der Waals surface area contributed by atoms with Crippen LogP contribution in [0.4, 0.5) is 0 Å². The van der Waals surface area contributed by atoms with Crippen LogP contribution >= 0.6 is 0 Å². The number of aryl methyl sites for hydroxylation is 1. The molecule has 1 amide bonds. The minimum absolute atomic E-state index is 0.0551. The summed E-state index contributed by atoms with van der Waals surface area (Å²) in [5.41, 5.74) is 4.78. The summed E-state index contributed by atoms with van der Waals surface area (Å²) in [6.45, 7) is 4.49. The molecule has 0 aliphatic carbocycles. The first-order valence-electron chi connectivity index (χ1n) is 11.0. The number of hydrogen-bond donors (Lipinski definition) is 1. The monoisotopic (exact) mass is 449 g/mol. The Kier molecular flexibility index (Phi) is 5.52. The topological polar surface area (TPSA) is 76.3 Å². The van der Waals surface area contributed by atoms with Crippen LogP contribution in [-0.2, 0) is 11.3 Å². The first-order chi connectivity index (χ1) is 16.5. The molecule has 0 spiro atoms. The van der Waals surface area contributed by atoms with E-state index < -0.39 is 5.91 Å². The summed E-state index contributed by atoms with van der Waals surface area (Å²) in [7, 11) is 0. The second-order valence-electron chi connectivity index (χ2n) is 8.23. The average Bonchev–Trinajstić information content (AvgIpc) is 3.43. The van der Waals surface area contributed by atoms with Gasteiger partial charge in [0.15, 0.2) is 11.5 Å². The Labute approximate surface area is 197 Å². The smallest absolute Gasteiger partial charge is 0.262 e. The van der Waals surface area contributed by atoms with Gasteiger partial charge in [-0.2, -0.15) is 5.26 Å². The van der Waals surface area contributed by atoms with Crippen molar-refractivity contribution < 1.29 is 14.3 Å². The number of hydrogen-bond acceptors (Lipinski definition) is 4. The summed E-state index contributed by atoms with van der Waals surface area (Å²) in [4.78, 5) is 12.7. The molecule has 0 unspecified atom stereocenters. The molecule has 0 atom stereocenters. The third-order valence-corrected chi connectivity index (χ3v) is 6.02. The van der Waals surface area contributed by atoms with E-state index in [9.17, 15) is 10.1 Å². The molecule has 0 saturated carbocycles. The van der Waals surface area contributed by atoms with Crippen molar-refractivity contribution in [2.45, 2.75) is 20.4 Å². The van der Waals surface area contributed by atoms with E-state index in [4.69, 9.17) is 9.47 Å². The van der Waals surface area contributed by atoms with Gasteiger partial charge >= 0.3 is 0 Å². The van der Waals surface area contributed by atoms with Crippen LogP contribution in [0, 0.1) is 25.2 Å². The number of nitrogens with zero attached hydrogens (tertiary/aromatic N) is 2. The van der Waals surface area contributed by atoms with Gasteiger partial charge in [-0.1, -0.05) is 36.4 Å². The molecule has 0 radical (unpaired) electrons. The van der Waals surface area contributed by atoms with Crippen LogP contribution < -0.4 is 14.8 Å². The Hall–Kier alpha value is -4.50. The predicted molar refractivity (Wildman–Crippen MR) is 131 cm³/mol. The van der Waals surface area contributed by atoms with E-state index >= 15 is 0 Å². The molecule has 168 valence electrons. The standard InChI is InChI=1S/C28H23N3O3/c1-18-11-23(19(2)31(18)25-9-8-21-5-3-4-6-22(21)14-25)13-24(15-29)28(32)30-16-20-7-10-26-27(12-20)34-17-33-26/h3-14H,16-17H2,1-2H3,(H,30,32)/b24-13+. The van der Waals surface area contributed by atoms with E-state index in [0.29, 0.717) is 11.5 Å². The SMILES string of the molecule is Cc1cc(/C=C(\C#N)C(=O)NCc2ccc3c(c2)OCO3)c(C)n1-c1ccc2ccccc2c1. The van der Waals surface area contributed by atoms with Crippen molar-refractivity contribution in [1.82, 2.24) is 9.88 Å². The third kappa shape index (κ3) is 4.00. The summed E-state index contributed by atoms with van der Waals surface area (Å²) >= 11 is 0. The number of fused-ring (bicyclic) bond motifs is 2. The van der Waals surface area contributed by atoms with Gasteiger partial charge in [-0.05, 0) is 72.2 Å². The highest BCUT2D eigenvalue weighted by atomic mass is 16.7. The van der Waals surface area contributed by atoms with Crippen molar-refractivity contribution >= 4 is 22.8 Å². The lowest BCUT2D eigenvalue weighted by molar-refractivity contribution is -0.117. The minimum Gasteiger partial charge on any atom is -0.454 e. The number of carbonyl (C=O) groups is 1. The first-order valence-corrected chi connectivity index (χ1v) is 11.0. The largest absolute Gasteiger partial charge is 0.454 e. The van der Waals surface area contributed by atoms with Gasteiger partial charge in [0, 0.05) is 23.6 Å². The van der Waals surface area contributed by atoms with E-state index in [2.05, 4.69) is 40.2 Å².